The molecule has 0 unspecified atom stereocenters. The van der Waals surface area contributed by atoms with Crippen LogP contribution in [0, 0.1) is 0 Å². The van der Waals surface area contributed by atoms with E-state index in [9.17, 15) is 4.79 Å². The molecule has 0 radical (unpaired) electrons. The van der Waals surface area contributed by atoms with Crippen molar-refractivity contribution in [1.29, 1.82) is 0 Å². The van der Waals surface area contributed by atoms with E-state index in [2.05, 4.69) is 53.4 Å². The third kappa shape index (κ3) is 13.9. The summed E-state index contributed by atoms with van der Waals surface area (Å²) < 4.78 is 0. The normalized spacial score (nSPS) is 11.2. The van der Waals surface area contributed by atoms with Crippen molar-refractivity contribution in [3.05, 3.63) is 0 Å². The Morgan fingerprint density at radius 2 is 1.25 bits per heavy atom. The predicted molar refractivity (Wildman–Crippen MR) is 88.3 cm³/mol. The van der Waals surface area contributed by atoms with Gasteiger partial charge in [0.2, 0.25) is 0 Å². The molecule has 0 aliphatic carbocycles. The molecule has 0 spiro atoms. The Morgan fingerprint density at radius 3 is 1.50 bits per heavy atom. The zero-order valence-corrected chi connectivity index (χ0v) is 14.8. The SMILES string of the molecule is CC(C)N(C(C)C)C(C)C.CCCCCCCC(=O)O. The van der Waals surface area contributed by atoms with Gasteiger partial charge in [-0.2, -0.15) is 0 Å². The van der Waals surface area contributed by atoms with E-state index in [0.29, 0.717) is 24.5 Å². The van der Waals surface area contributed by atoms with Crippen LogP contribution >= 0.6 is 0 Å². The minimum Gasteiger partial charge on any atom is -0.481 e. The Balaban J connectivity index is 0. The summed E-state index contributed by atoms with van der Waals surface area (Å²) in [5, 5.41) is 8.27. The quantitative estimate of drug-likeness (QED) is 0.610. The maximum Gasteiger partial charge on any atom is 0.303 e. The zero-order chi connectivity index (χ0) is 16.1. The molecule has 0 rings (SSSR count). The fourth-order valence-electron chi connectivity index (χ4n) is 2.67. The number of aliphatic carboxylic acids is 1. The highest BCUT2D eigenvalue weighted by atomic mass is 16.4. The summed E-state index contributed by atoms with van der Waals surface area (Å²) in [5.74, 6) is -0.670. The van der Waals surface area contributed by atoms with E-state index in [0.717, 1.165) is 12.8 Å². The first kappa shape index (κ1) is 21.7. The van der Waals surface area contributed by atoms with Crippen molar-refractivity contribution in [1.82, 2.24) is 4.90 Å². The van der Waals surface area contributed by atoms with E-state index in [1.54, 1.807) is 0 Å². The van der Waals surface area contributed by atoms with Gasteiger partial charge in [0.1, 0.15) is 0 Å². The maximum absolute atomic E-state index is 10.0. The summed E-state index contributed by atoms with van der Waals surface area (Å²) >= 11 is 0. The van der Waals surface area contributed by atoms with Crippen molar-refractivity contribution < 1.29 is 9.90 Å². The van der Waals surface area contributed by atoms with Crippen molar-refractivity contribution in [2.45, 2.75) is 105 Å². The minimum atomic E-state index is -0.670. The average Bonchev–Trinajstić information content (AvgIpc) is 2.27. The zero-order valence-electron chi connectivity index (χ0n) is 14.8. The Hall–Kier alpha value is -0.570. The Bertz CT molecular complexity index is 206. The van der Waals surface area contributed by atoms with Crippen LogP contribution < -0.4 is 0 Å². The Morgan fingerprint density at radius 1 is 0.850 bits per heavy atom. The molecule has 122 valence electrons. The van der Waals surface area contributed by atoms with Gasteiger partial charge in [0.05, 0.1) is 0 Å². The number of nitrogens with zero attached hydrogens (tertiary/aromatic N) is 1. The third-order valence-electron chi connectivity index (χ3n) is 3.28. The van der Waals surface area contributed by atoms with E-state index >= 15 is 0 Å². The summed E-state index contributed by atoms with van der Waals surface area (Å²) in [6.45, 7) is 15.6. The number of rotatable bonds is 9. The maximum atomic E-state index is 10.0. The molecule has 3 heteroatoms. The topological polar surface area (TPSA) is 40.5 Å². The molecule has 0 fully saturated rings. The molecule has 0 amide bonds. The van der Waals surface area contributed by atoms with Gasteiger partial charge < -0.3 is 5.11 Å². The number of carbonyl (C=O) groups is 1. The lowest BCUT2D eigenvalue weighted by Gasteiger charge is -2.34. The summed E-state index contributed by atoms with van der Waals surface area (Å²) in [6, 6.07) is 2.00. The van der Waals surface area contributed by atoms with Gasteiger partial charge in [-0.25, -0.2) is 0 Å². The lowest BCUT2D eigenvalue weighted by molar-refractivity contribution is -0.137. The molecule has 0 aromatic rings. The number of unbranched alkanes of at least 4 members (excludes halogenated alkanes) is 4. The van der Waals surface area contributed by atoms with Gasteiger partial charge in [0.15, 0.2) is 0 Å². The van der Waals surface area contributed by atoms with E-state index in [-0.39, 0.29) is 0 Å². The van der Waals surface area contributed by atoms with Crippen LogP contribution in [0.3, 0.4) is 0 Å². The van der Waals surface area contributed by atoms with Crippen LogP contribution in [0.2, 0.25) is 0 Å². The molecule has 1 N–H and O–H groups in total. The van der Waals surface area contributed by atoms with Crippen LogP contribution in [0.1, 0.15) is 87.0 Å². The number of carboxylic acid groups (broad SMARTS) is 1. The van der Waals surface area contributed by atoms with E-state index < -0.39 is 5.97 Å². The molecule has 3 nitrogen and oxygen atoms in total. The van der Waals surface area contributed by atoms with Gasteiger partial charge in [-0.3, -0.25) is 9.69 Å². The van der Waals surface area contributed by atoms with E-state index in [4.69, 9.17) is 5.11 Å². The van der Waals surface area contributed by atoms with Gasteiger partial charge in [0.25, 0.3) is 0 Å². The molecule has 20 heavy (non-hydrogen) atoms. The first-order chi connectivity index (χ1) is 9.23. The van der Waals surface area contributed by atoms with Gasteiger partial charge in [-0.1, -0.05) is 32.6 Å². The monoisotopic (exact) mass is 287 g/mol. The largest absolute Gasteiger partial charge is 0.481 e. The molecule has 0 bridgehead atoms. The molecule has 0 saturated carbocycles. The fraction of sp³-hybridized carbons (Fsp3) is 0.941. The van der Waals surface area contributed by atoms with Crippen molar-refractivity contribution in [3.63, 3.8) is 0 Å². The van der Waals surface area contributed by atoms with Crippen LogP contribution in [0.25, 0.3) is 0 Å². The molecule has 0 aliphatic rings. The van der Waals surface area contributed by atoms with Crippen molar-refractivity contribution >= 4 is 5.97 Å². The predicted octanol–water partition coefficient (Wildman–Crippen LogP) is 4.95. The van der Waals surface area contributed by atoms with Crippen LogP contribution in [0.4, 0.5) is 0 Å². The first-order valence-corrected chi connectivity index (χ1v) is 8.23. The number of hydrogen-bond donors (Lipinski definition) is 1. The highest BCUT2D eigenvalue weighted by Gasteiger charge is 2.15. The smallest absolute Gasteiger partial charge is 0.303 e. The van der Waals surface area contributed by atoms with E-state index in [1.807, 2.05) is 0 Å². The molecule has 0 atom stereocenters. The number of hydrogen-bond acceptors (Lipinski definition) is 2. The summed E-state index contributed by atoms with van der Waals surface area (Å²) in [5.41, 5.74) is 0. The van der Waals surface area contributed by atoms with Crippen molar-refractivity contribution in [2.75, 3.05) is 0 Å². The second kappa shape index (κ2) is 13.4. The highest BCUT2D eigenvalue weighted by Crippen LogP contribution is 2.09. The lowest BCUT2D eigenvalue weighted by atomic mass is 10.1. The van der Waals surface area contributed by atoms with Gasteiger partial charge in [0, 0.05) is 24.5 Å². The number of carboxylic acids is 1. The van der Waals surface area contributed by atoms with Gasteiger partial charge >= 0.3 is 5.97 Å². The van der Waals surface area contributed by atoms with Crippen LogP contribution in [-0.2, 0) is 4.79 Å². The lowest BCUT2D eigenvalue weighted by Crippen LogP contribution is -2.42. The summed E-state index contributed by atoms with van der Waals surface area (Å²) in [7, 11) is 0. The van der Waals surface area contributed by atoms with Crippen LogP contribution in [0.5, 0.6) is 0 Å². The summed E-state index contributed by atoms with van der Waals surface area (Å²) in [6.07, 6.45) is 5.88. The third-order valence-corrected chi connectivity index (χ3v) is 3.28. The Labute approximate surface area is 126 Å². The molecular formula is C17H37NO2. The van der Waals surface area contributed by atoms with Gasteiger partial charge in [-0.05, 0) is 48.0 Å². The fourth-order valence-corrected chi connectivity index (χ4v) is 2.67. The van der Waals surface area contributed by atoms with E-state index in [1.165, 1.54) is 19.3 Å². The van der Waals surface area contributed by atoms with Crippen LogP contribution in [0.15, 0.2) is 0 Å². The molecule has 0 aliphatic heterocycles. The Kier molecular flexibility index (Phi) is 14.6. The molecule has 0 saturated heterocycles. The van der Waals surface area contributed by atoms with Crippen molar-refractivity contribution in [2.24, 2.45) is 0 Å². The molecule has 0 aromatic heterocycles. The standard InChI is InChI=1S/C9H21N.C8H16O2/c1-7(2)10(8(3)4)9(5)6;1-2-3-4-5-6-7-8(9)10/h7-9H,1-6H3;2-7H2,1H3,(H,9,10). The highest BCUT2D eigenvalue weighted by molar-refractivity contribution is 5.66. The van der Waals surface area contributed by atoms with Crippen molar-refractivity contribution in [3.8, 4) is 0 Å². The van der Waals surface area contributed by atoms with Gasteiger partial charge in [-0.15, -0.1) is 0 Å². The van der Waals surface area contributed by atoms with Crippen LogP contribution in [-0.4, -0.2) is 34.1 Å². The second-order valence-electron chi connectivity index (χ2n) is 6.29. The molecule has 0 heterocycles. The average molecular weight is 287 g/mol. The second-order valence-corrected chi connectivity index (χ2v) is 6.29. The summed E-state index contributed by atoms with van der Waals surface area (Å²) in [4.78, 5) is 12.5. The molecular weight excluding hydrogens is 250 g/mol. The first-order valence-electron chi connectivity index (χ1n) is 8.23. The molecule has 0 aromatic carbocycles. The minimum absolute atomic E-state index is 0.337.